The first-order chi connectivity index (χ1) is 9.15. The Bertz CT molecular complexity index is 550. The minimum absolute atomic E-state index is 0.0249. The molecule has 0 saturated heterocycles. The van der Waals surface area contributed by atoms with Crippen molar-refractivity contribution in [3.63, 3.8) is 0 Å². The molecule has 0 unspecified atom stereocenters. The van der Waals surface area contributed by atoms with E-state index in [1.54, 1.807) is 22.7 Å². The van der Waals surface area contributed by atoms with Gasteiger partial charge in [0.15, 0.2) is 0 Å². The number of amides is 1. The summed E-state index contributed by atoms with van der Waals surface area (Å²) >= 11 is 6.89. The highest BCUT2D eigenvalue weighted by Gasteiger charge is 2.05. The van der Waals surface area contributed by atoms with Crippen molar-refractivity contribution in [3.05, 3.63) is 37.1 Å². The molecule has 6 heteroatoms. The molecule has 2 aromatic heterocycles. The highest BCUT2D eigenvalue weighted by Crippen LogP contribution is 2.23. The summed E-state index contributed by atoms with van der Waals surface area (Å²) in [4.78, 5) is 13.6. The Kier molecular flexibility index (Phi) is 5.57. The minimum Gasteiger partial charge on any atom is -0.325 e. The summed E-state index contributed by atoms with van der Waals surface area (Å²) in [6, 6.07) is 6.16. The van der Waals surface area contributed by atoms with Crippen molar-refractivity contribution in [1.29, 1.82) is 0 Å². The van der Waals surface area contributed by atoms with Crippen LogP contribution in [0.5, 0.6) is 0 Å². The Morgan fingerprint density at radius 1 is 1.37 bits per heavy atom. The molecule has 0 saturated carbocycles. The van der Waals surface area contributed by atoms with Crippen molar-refractivity contribution in [2.75, 3.05) is 11.9 Å². The number of halogens is 1. The van der Waals surface area contributed by atoms with Gasteiger partial charge in [-0.1, -0.05) is 0 Å². The third-order valence-corrected chi connectivity index (χ3v) is 5.12. The van der Waals surface area contributed by atoms with Crippen molar-refractivity contribution < 1.29 is 4.79 Å². The lowest BCUT2D eigenvalue weighted by Gasteiger charge is -2.05. The van der Waals surface area contributed by atoms with Crippen LogP contribution < -0.4 is 10.6 Å². The predicted octanol–water partition coefficient (Wildman–Crippen LogP) is 3.86. The predicted molar refractivity (Wildman–Crippen MR) is 86.1 cm³/mol. The van der Waals surface area contributed by atoms with E-state index in [9.17, 15) is 4.79 Å². The lowest BCUT2D eigenvalue weighted by molar-refractivity contribution is -0.114. The van der Waals surface area contributed by atoms with Gasteiger partial charge in [-0.15, -0.1) is 22.7 Å². The maximum atomic E-state index is 11.1. The molecule has 0 aliphatic rings. The standard InChI is InChI=1S/C13H15BrN2OS2/c1-9(17)16-11-5-7-18-12(11)8-15-6-4-10-2-3-13(14)19-10/h2-3,5,7,15H,4,6,8H2,1H3,(H,16,17). The summed E-state index contributed by atoms with van der Waals surface area (Å²) in [5.41, 5.74) is 0.920. The average molecular weight is 359 g/mol. The zero-order chi connectivity index (χ0) is 13.7. The van der Waals surface area contributed by atoms with Crippen LogP contribution in [0.3, 0.4) is 0 Å². The molecule has 0 spiro atoms. The smallest absolute Gasteiger partial charge is 0.221 e. The molecule has 0 atom stereocenters. The maximum absolute atomic E-state index is 11.1. The van der Waals surface area contributed by atoms with Crippen LogP contribution in [0.15, 0.2) is 27.4 Å². The van der Waals surface area contributed by atoms with Crippen LogP contribution in [-0.2, 0) is 17.8 Å². The molecule has 1 amide bonds. The van der Waals surface area contributed by atoms with Crippen molar-refractivity contribution in [3.8, 4) is 0 Å². The van der Waals surface area contributed by atoms with E-state index in [1.165, 1.54) is 20.5 Å². The molecule has 102 valence electrons. The molecule has 2 heterocycles. The molecule has 3 nitrogen and oxygen atoms in total. The van der Waals surface area contributed by atoms with Gasteiger partial charge in [-0.25, -0.2) is 0 Å². The molecule has 0 aliphatic carbocycles. The minimum atomic E-state index is -0.0249. The summed E-state index contributed by atoms with van der Waals surface area (Å²) < 4.78 is 1.17. The third kappa shape index (κ3) is 4.72. The molecule has 2 rings (SSSR count). The SMILES string of the molecule is CC(=O)Nc1ccsc1CNCCc1ccc(Br)s1. The van der Waals surface area contributed by atoms with Gasteiger partial charge >= 0.3 is 0 Å². The Hall–Kier alpha value is -0.690. The number of thiophene rings is 2. The topological polar surface area (TPSA) is 41.1 Å². The average Bonchev–Trinajstić information content (AvgIpc) is 2.94. The van der Waals surface area contributed by atoms with Crippen molar-refractivity contribution >= 4 is 50.2 Å². The Balaban J connectivity index is 1.76. The third-order valence-electron chi connectivity index (χ3n) is 2.52. The Morgan fingerprint density at radius 3 is 2.89 bits per heavy atom. The summed E-state index contributed by atoms with van der Waals surface area (Å²) in [6.07, 6.45) is 1.02. The number of hydrogen-bond acceptors (Lipinski definition) is 4. The quantitative estimate of drug-likeness (QED) is 0.769. The highest BCUT2D eigenvalue weighted by molar-refractivity contribution is 9.11. The normalized spacial score (nSPS) is 10.6. The van der Waals surface area contributed by atoms with Crippen molar-refractivity contribution in [2.45, 2.75) is 19.9 Å². The molecular formula is C13H15BrN2OS2. The summed E-state index contributed by atoms with van der Waals surface area (Å²) in [5, 5.41) is 8.25. The van der Waals surface area contributed by atoms with E-state index in [0.717, 1.165) is 25.2 Å². The van der Waals surface area contributed by atoms with E-state index in [4.69, 9.17) is 0 Å². The van der Waals surface area contributed by atoms with Gasteiger partial charge in [-0.05, 0) is 45.9 Å². The van der Waals surface area contributed by atoms with Gasteiger partial charge in [0.05, 0.1) is 9.47 Å². The van der Waals surface area contributed by atoms with Gasteiger partial charge in [0, 0.05) is 29.8 Å². The number of hydrogen-bond donors (Lipinski definition) is 2. The van der Waals surface area contributed by atoms with E-state index in [-0.39, 0.29) is 5.91 Å². The van der Waals surface area contributed by atoms with Crippen LogP contribution in [0.1, 0.15) is 16.7 Å². The highest BCUT2D eigenvalue weighted by atomic mass is 79.9. The lowest BCUT2D eigenvalue weighted by Crippen LogP contribution is -2.17. The van der Waals surface area contributed by atoms with Crippen LogP contribution >= 0.6 is 38.6 Å². The van der Waals surface area contributed by atoms with Gasteiger partial charge < -0.3 is 10.6 Å². The zero-order valence-corrected chi connectivity index (χ0v) is 13.8. The fraction of sp³-hybridized carbons (Fsp3) is 0.308. The molecule has 0 aliphatic heterocycles. The van der Waals surface area contributed by atoms with Crippen LogP contribution in [0, 0.1) is 0 Å². The number of anilines is 1. The number of carbonyl (C=O) groups excluding carboxylic acids is 1. The molecule has 2 N–H and O–H groups in total. The van der Waals surface area contributed by atoms with Gasteiger partial charge in [0.2, 0.25) is 5.91 Å². The molecule has 0 fully saturated rings. The second-order valence-corrected chi connectivity index (χ2v) is 7.62. The monoisotopic (exact) mass is 358 g/mol. The van der Waals surface area contributed by atoms with Gasteiger partial charge in [0.1, 0.15) is 0 Å². The largest absolute Gasteiger partial charge is 0.325 e. The van der Waals surface area contributed by atoms with E-state index >= 15 is 0 Å². The lowest BCUT2D eigenvalue weighted by atomic mass is 10.3. The molecule has 0 bridgehead atoms. The van der Waals surface area contributed by atoms with E-state index in [1.807, 2.05) is 11.4 Å². The maximum Gasteiger partial charge on any atom is 0.221 e. The first-order valence-corrected chi connectivity index (χ1v) is 8.43. The van der Waals surface area contributed by atoms with E-state index in [0.29, 0.717) is 0 Å². The first-order valence-electron chi connectivity index (χ1n) is 5.94. The van der Waals surface area contributed by atoms with Gasteiger partial charge in [-0.2, -0.15) is 0 Å². The summed E-state index contributed by atoms with van der Waals surface area (Å²) in [7, 11) is 0. The van der Waals surface area contributed by atoms with E-state index in [2.05, 4.69) is 38.7 Å². The van der Waals surface area contributed by atoms with Crippen molar-refractivity contribution in [2.24, 2.45) is 0 Å². The van der Waals surface area contributed by atoms with Gasteiger partial charge in [0.25, 0.3) is 0 Å². The number of rotatable bonds is 6. The summed E-state index contributed by atoms with van der Waals surface area (Å²) in [5.74, 6) is -0.0249. The van der Waals surface area contributed by atoms with Crippen molar-refractivity contribution in [1.82, 2.24) is 5.32 Å². The molecule has 2 aromatic rings. The van der Waals surface area contributed by atoms with Crippen LogP contribution in [0.2, 0.25) is 0 Å². The van der Waals surface area contributed by atoms with E-state index < -0.39 is 0 Å². The number of carbonyl (C=O) groups is 1. The fourth-order valence-corrected chi connectivity index (χ4v) is 3.96. The molecule has 0 aromatic carbocycles. The Labute approximate surface area is 129 Å². The molecular weight excluding hydrogens is 344 g/mol. The van der Waals surface area contributed by atoms with Crippen LogP contribution in [0.25, 0.3) is 0 Å². The Morgan fingerprint density at radius 2 is 2.21 bits per heavy atom. The second-order valence-electron chi connectivity index (χ2n) is 4.07. The first kappa shape index (κ1) is 14.7. The second kappa shape index (κ2) is 7.19. The van der Waals surface area contributed by atoms with Crippen LogP contribution in [0.4, 0.5) is 5.69 Å². The van der Waals surface area contributed by atoms with Gasteiger partial charge in [-0.3, -0.25) is 4.79 Å². The fourth-order valence-electron chi connectivity index (χ4n) is 1.68. The van der Waals surface area contributed by atoms with Crippen LogP contribution in [-0.4, -0.2) is 12.5 Å². The molecule has 0 radical (unpaired) electrons. The zero-order valence-electron chi connectivity index (χ0n) is 10.5. The summed E-state index contributed by atoms with van der Waals surface area (Å²) in [6.45, 7) is 3.26. The molecule has 19 heavy (non-hydrogen) atoms. The number of nitrogens with one attached hydrogen (secondary N) is 2.